The van der Waals surface area contributed by atoms with Gasteiger partial charge in [0, 0.05) is 24.5 Å². The van der Waals surface area contributed by atoms with Crippen molar-refractivity contribution in [2.45, 2.75) is 25.3 Å². The Morgan fingerprint density at radius 3 is 2.21 bits per heavy atom. The number of rotatable bonds is 5. The lowest BCUT2D eigenvalue weighted by Crippen LogP contribution is -2.29. The molecule has 24 heavy (non-hydrogen) atoms. The van der Waals surface area contributed by atoms with Crippen LogP contribution in [-0.4, -0.2) is 19.0 Å². The van der Waals surface area contributed by atoms with Crippen LogP contribution >= 0.6 is 0 Å². The van der Waals surface area contributed by atoms with Crippen LogP contribution in [0.3, 0.4) is 0 Å². The Labute approximate surface area is 141 Å². The molecule has 1 saturated heterocycles. The minimum Gasteiger partial charge on any atom is -0.372 e. The molecular weight excluding hydrogens is 305 g/mol. The fourth-order valence-corrected chi connectivity index (χ4v) is 3.06. The Morgan fingerprint density at radius 2 is 1.62 bits per heavy atom. The Bertz CT molecular complexity index is 679. The molecule has 4 nitrogen and oxygen atoms in total. The van der Waals surface area contributed by atoms with Crippen LogP contribution in [0.25, 0.3) is 0 Å². The molecule has 3 N–H and O–H groups in total. The van der Waals surface area contributed by atoms with E-state index in [9.17, 15) is 9.18 Å². The smallest absolute Gasteiger partial charge is 0.244 e. The molecule has 1 fully saturated rings. The summed E-state index contributed by atoms with van der Waals surface area (Å²) in [6.45, 7) is 2.18. The Morgan fingerprint density at radius 1 is 1.00 bits per heavy atom. The fourth-order valence-electron chi connectivity index (χ4n) is 3.06. The largest absolute Gasteiger partial charge is 0.372 e. The molecule has 0 aliphatic carbocycles. The van der Waals surface area contributed by atoms with E-state index in [0.29, 0.717) is 5.56 Å². The highest BCUT2D eigenvalue weighted by Gasteiger charge is 2.18. The first-order valence-electron chi connectivity index (χ1n) is 8.30. The zero-order chi connectivity index (χ0) is 16.9. The van der Waals surface area contributed by atoms with Gasteiger partial charge in [-0.05, 0) is 61.2 Å². The third-order valence-electron chi connectivity index (χ3n) is 4.39. The maximum absolute atomic E-state index is 13.1. The predicted molar refractivity (Wildman–Crippen MR) is 94.5 cm³/mol. The van der Waals surface area contributed by atoms with Crippen LogP contribution in [0, 0.1) is 5.82 Å². The average Bonchev–Trinajstić information content (AvgIpc) is 2.62. The Kier molecular flexibility index (Phi) is 4.99. The van der Waals surface area contributed by atoms with E-state index in [4.69, 9.17) is 5.73 Å². The van der Waals surface area contributed by atoms with Crippen LogP contribution in [0.2, 0.25) is 0 Å². The van der Waals surface area contributed by atoms with Gasteiger partial charge in [-0.2, -0.15) is 0 Å². The number of hydrogen-bond donors (Lipinski definition) is 2. The molecule has 2 aromatic rings. The number of halogens is 1. The molecule has 1 aliphatic rings. The van der Waals surface area contributed by atoms with Gasteiger partial charge in [0.1, 0.15) is 11.9 Å². The molecule has 0 aromatic heterocycles. The van der Waals surface area contributed by atoms with Gasteiger partial charge in [-0.15, -0.1) is 0 Å². The zero-order valence-corrected chi connectivity index (χ0v) is 13.5. The van der Waals surface area contributed by atoms with Crippen molar-refractivity contribution in [2.24, 2.45) is 5.73 Å². The van der Waals surface area contributed by atoms with E-state index in [1.165, 1.54) is 37.1 Å². The van der Waals surface area contributed by atoms with Crippen LogP contribution in [0.4, 0.5) is 15.8 Å². The van der Waals surface area contributed by atoms with E-state index in [0.717, 1.165) is 18.8 Å². The average molecular weight is 327 g/mol. The van der Waals surface area contributed by atoms with Crippen molar-refractivity contribution < 1.29 is 9.18 Å². The minimum atomic E-state index is -0.688. The lowest BCUT2D eigenvalue weighted by molar-refractivity contribution is -0.118. The van der Waals surface area contributed by atoms with Crippen molar-refractivity contribution in [2.75, 3.05) is 23.3 Å². The first kappa shape index (κ1) is 16.3. The molecule has 1 heterocycles. The number of nitrogens with two attached hydrogens (primary N) is 1. The first-order chi connectivity index (χ1) is 11.6. The minimum absolute atomic E-state index is 0.340. The summed E-state index contributed by atoms with van der Waals surface area (Å²) in [6.07, 6.45) is 3.76. The Balaban J connectivity index is 1.73. The molecule has 126 valence electrons. The van der Waals surface area contributed by atoms with Gasteiger partial charge in [0.05, 0.1) is 0 Å². The second-order valence-electron chi connectivity index (χ2n) is 6.13. The third kappa shape index (κ3) is 3.85. The maximum atomic E-state index is 13.1. The molecule has 0 spiro atoms. The number of piperidine rings is 1. The number of carbonyl (C=O) groups excluding carboxylic acids is 1. The summed E-state index contributed by atoms with van der Waals surface area (Å²) in [7, 11) is 0. The monoisotopic (exact) mass is 327 g/mol. The van der Waals surface area contributed by atoms with Crippen LogP contribution in [-0.2, 0) is 4.79 Å². The number of amides is 1. The van der Waals surface area contributed by atoms with E-state index < -0.39 is 11.9 Å². The molecule has 0 radical (unpaired) electrons. The van der Waals surface area contributed by atoms with Gasteiger partial charge in [-0.3, -0.25) is 4.79 Å². The topological polar surface area (TPSA) is 58.4 Å². The van der Waals surface area contributed by atoms with Crippen molar-refractivity contribution in [3.63, 3.8) is 0 Å². The van der Waals surface area contributed by atoms with E-state index in [-0.39, 0.29) is 5.82 Å². The SMILES string of the molecule is NC(=O)C(Nc1ccc(N2CCCCC2)cc1)c1ccc(F)cc1. The number of benzene rings is 2. The summed E-state index contributed by atoms with van der Waals surface area (Å²) in [5, 5.41) is 3.13. The third-order valence-corrected chi connectivity index (χ3v) is 4.39. The molecule has 0 saturated carbocycles. The Hall–Kier alpha value is -2.56. The van der Waals surface area contributed by atoms with Crippen LogP contribution < -0.4 is 16.0 Å². The summed E-state index contributed by atoms with van der Waals surface area (Å²) in [6, 6.07) is 13.1. The van der Waals surface area contributed by atoms with E-state index in [2.05, 4.69) is 22.3 Å². The summed E-state index contributed by atoms with van der Waals surface area (Å²) >= 11 is 0. The highest BCUT2D eigenvalue weighted by Crippen LogP contribution is 2.24. The highest BCUT2D eigenvalue weighted by atomic mass is 19.1. The number of anilines is 2. The van der Waals surface area contributed by atoms with Crippen molar-refractivity contribution in [1.29, 1.82) is 0 Å². The quantitative estimate of drug-likeness (QED) is 0.884. The van der Waals surface area contributed by atoms with Gasteiger partial charge in [-0.1, -0.05) is 12.1 Å². The summed E-state index contributed by atoms with van der Waals surface area (Å²) < 4.78 is 13.1. The van der Waals surface area contributed by atoms with Crippen molar-refractivity contribution >= 4 is 17.3 Å². The van der Waals surface area contributed by atoms with Crippen LogP contribution in [0.1, 0.15) is 30.9 Å². The van der Waals surface area contributed by atoms with Crippen LogP contribution in [0.5, 0.6) is 0 Å². The number of hydrogen-bond acceptors (Lipinski definition) is 3. The molecule has 1 aliphatic heterocycles. The molecule has 1 amide bonds. The molecule has 2 aromatic carbocycles. The maximum Gasteiger partial charge on any atom is 0.244 e. The molecule has 1 unspecified atom stereocenters. The highest BCUT2D eigenvalue weighted by molar-refractivity contribution is 5.84. The van der Waals surface area contributed by atoms with Crippen molar-refractivity contribution in [3.05, 3.63) is 59.9 Å². The van der Waals surface area contributed by atoms with E-state index in [1.54, 1.807) is 12.1 Å². The summed E-state index contributed by atoms with van der Waals surface area (Å²) in [5.74, 6) is -0.838. The standard InChI is InChI=1S/C19H22FN3O/c20-15-6-4-14(5-7-15)18(19(21)24)22-16-8-10-17(11-9-16)23-12-2-1-3-13-23/h4-11,18,22H,1-3,12-13H2,(H2,21,24). The van der Waals surface area contributed by atoms with E-state index in [1.807, 2.05) is 12.1 Å². The normalized spacial score (nSPS) is 15.8. The van der Waals surface area contributed by atoms with Crippen molar-refractivity contribution in [1.82, 2.24) is 0 Å². The first-order valence-corrected chi connectivity index (χ1v) is 8.30. The summed E-state index contributed by atoms with van der Waals surface area (Å²) in [4.78, 5) is 14.1. The van der Waals surface area contributed by atoms with E-state index >= 15 is 0 Å². The fraction of sp³-hybridized carbons (Fsp3) is 0.316. The second-order valence-corrected chi connectivity index (χ2v) is 6.13. The number of primary amides is 1. The van der Waals surface area contributed by atoms with Gasteiger partial charge < -0.3 is 16.0 Å². The second kappa shape index (κ2) is 7.34. The van der Waals surface area contributed by atoms with Gasteiger partial charge >= 0.3 is 0 Å². The van der Waals surface area contributed by atoms with Gasteiger partial charge in [0.15, 0.2) is 0 Å². The molecule has 1 atom stereocenters. The van der Waals surface area contributed by atoms with Crippen LogP contribution in [0.15, 0.2) is 48.5 Å². The molecule has 0 bridgehead atoms. The summed E-state index contributed by atoms with van der Waals surface area (Å²) in [5.41, 5.74) is 8.14. The lowest BCUT2D eigenvalue weighted by atomic mass is 10.1. The van der Waals surface area contributed by atoms with Crippen molar-refractivity contribution in [3.8, 4) is 0 Å². The lowest BCUT2D eigenvalue weighted by Gasteiger charge is -2.29. The number of carbonyl (C=O) groups is 1. The molecule has 5 heteroatoms. The zero-order valence-electron chi connectivity index (χ0n) is 13.5. The number of nitrogens with zero attached hydrogens (tertiary/aromatic N) is 1. The number of nitrogens with one attached hydrogen (secondary N) is 1. The van der Waals surface area contributed by atoms with Gasteiger partial charge in [-0.25, -0.2) is 4.39 Å². The molecule has 3 rings (SSSR count). The van der Waals surface area contributed by atoms with Gasteiger partial charge in [0.25, 0.3) is 0 Å². The van der Waals surface area contributed by atoms with Gasteiger partial charge in [0.2, 0.25) is 5.91 Å². The molecular formula is C19H22FN3O. The predicted octanol–water partition coefficient (Wildman–Crippen LogP) is 3.45.